The molecule has 2 aromatic carbocycles. The van der Waals surface area contributed by atoms with E-state index in [0.29, 0.717) is 45.6 Å². The number of rotatable bonds is 10. The Morgan fingerprint density at radius 1 is 1.00 bits per heavy atom. The Morgan fingerprint density at radius 2 is 1.74 bits per heavy atom. The second-order valence-corrected chi connectivity index (χ2v) is 7.70. The lowest BCUT2D eigenvalue weighted by Gasteiger charge is -2.31. The highest BCUT2D eigenvalue weighted by atomic mass is 16.6. The lowest BCUT2D eigenvalue weighted by molar-refractivity contribution is -0.141. The molecule has 6 heteroatoms. The predicted octanol–water partition coefficient (Wildman–Crippen LogP) is 3.72. The molecule has 0 spiro atoms. The Bertz CT molecular complexity index is 869. The van der Waals surface area contributed by atoms with Crippen molar-refractivity contribution in [1.82, 2.24) is 10.2 Å². The Labute approximate surface area is 184 Å². The minimum absolute atomic E-state index is 0.0303. The summed E-state index contributed by atoms with van der Waals surface area (Å²) in [7, 11) is 0. The van der Waals surface area contributed by atoms with Crippen molar-refractivity contribution >= 4 is 11.8 Å². The SMILES string of the molecule is CCCNC(=O)C(CC)N(Cc1ccccc1)C(=O)CCc1ccc2c(c1)OCCO2. The van der Waals surface area contributed by atoms with E-state index in [1.165, 1.54) is 0 Å². The van der Waals surface area contributed by atoms with Gasteiger partial charge in [0.2, 0.25) is 11.8 Å². The van der Waals surface area contributed by atoms with E-state index in [0.717, 1.165) is 29.0 Å². The molecule has 0 radical (unpaired) electrons. The number of amides is 2. The molecule has 0 saturated carbocycles. The summed E-state index contributed by atoms with van der Waals surface area (Å²) >= 11 is 0. The molecule has 1 unspecified atom stereocenters. The molecule has 2 amide bonds. The minimum atomic E-state index is -0.487. The molecular weight excluding hydrogens is 392 g/mol. The zero-order chi connectivity index (χ0) is 22.1. The molecular formula is C25H32N2O4. The Morgan fingerprint density at radius 3 is 2.45 bits per heavy atom. The van der Waals surface area contributed by atoms with Gasteiger partial charge in [0.25, 0.3) is 0 Å². The average molecular weight is 425 g/mol. The molecule has 0 aromatic heterocycles. The average Bonchev–Trinajstić information content (AvgIpc) is 2.81. The van der Waals surface area contributed by atoms with Gasteiger partial charge in [-0.05, 0) is 42.5 Å². The van der Waals surface area contributed by atoms with Crippen molar-refractivity contribution in [2.24, 2.45) is 0 Å². The third-order valence-electron chi connectivity index (χ3n) is 5.37. The van der Waals surface area contributed by atoms with Crippen LogP contribution in [0.4, 0.5) is 0 Å². The normalized spacial score (nSPS) is 13.4. The van der Waals surface area contributed by atoms with Crippen LogP contribution in [0.25, 0.3) is 0 Å². The number of hydrogen-bond donors (Lipinski definition) is 1. The lowest BCUT2D eigenvalue weighted by atomic mass is 10.1. The van der Waals surface area contributed by atoms with Crippen LogP contribution in [-0.4, -0.2) is 42.5 Å². The molecule has 0 saturated heterocycles. The zero-order valence-corrected chi connectivity index (χ0v) is 18.4. The van der Waals surface area contributed by atoms with E-state index in [9.17, 15) is 9.59 Å². The lowest BCUT2D eigenvalue weighted by Crippen LogP contribution is -2.49. The first-order valence-electron chi connectivity index (χ1n) is 11.1. The molecule has 166 valence electrons. The fraction of sp³-hybridized carbons (Fsp3) is 0.440. The second-order valence-electron chi connectivity index (χ2n) is 7.70. The standard InChI is InChI=1S/C25H32N2O4/c1-3-14-26-25(29)21(4-2)27(18-20-8-6-5-7-9-20)24(28)13-11-19-10-12-22-23(17-19)31-16-15-30-22/h5-10,12,17,21H,3-4,11,13-16,18H2,1-2H3,(H,26,29). The van der Waals surface area contributed by atoms with Crippen LogP contribution < -0.4 is 14.8 Å². The van der Waals surface area contributed by atoms with Gasteiger partial charge in [-0.15, -0.1) is 0 Å². The monoisotopic (exact) mass is 424 g/mol. The molecule has 2 aromatic rings. The van der Waals surface area contributed by atoms with Gasteiger partial charge in [-0.2, -0.15) is 0 Å². The van der Waals surface area contributed by atoms with Crippen LogP contribution in [0.1, 0.15) is 44.2 Å². The second kappa shape index (κ2) is 11.4. The predicted molar refractivity (Wildman–Crippen MR) is 120 cm³/mol. The number of carbonyl (C=O) groups excluding carboxylic acids is 2. The number of carbonyl (C=O) groups is 2. The number of nitrogens with one attached hydrogen (secondary N) is 1. The Balaban J connectivity index is 1.72. The molecule has 6 nitrogen and oxygen atoms in total. The molecule has 1 atom stereocenters. The third-order valence-corrected chi connectivity index (χ3v) is 5.37. The number of hydrogen-bond acceptors (Lipinski definition) is 4. The summed E-state index contributed by atoms with van der Waals surface area (Å²) in [6.45, 7) is 6.07. The minimum Gasteiger partial charge on any atom is -0.486 e. The number of ether oxygens (including phenoxy) is 2. The highest BCUT2D eigenvalue weighted by molar-refractivity contribution is 5.87. The number of nitrogens with zero attached hydrogens (tertiary/aromatic N) is 1. The van der Waals surface area contributed by atoms with Crippen molar-refractivity contribution < 1.29 is 19.1 Å². The van der Waals surface area contributed by atoms with E-state index >= 15 is 0 Å². The molecule has 1 heterocycles. The number of benzene rings is 2. The zero-order valence-electron chi connectivity index (χ0n) is 18.4. The first-order valence-corrected chi connectivity index (χ1v) is 11.1. The van der Waals surface area contributed by atoms with E-state index in [1.807, 2.05) is 62.4 Å². The summed E-state index contributed by atoms with van der Waals surface area (Å²) < 4.78 is 11.2. The van der Waals surface area contributed by atoms with E-state index in [4.69, 9.17) is 9.47 Å². The van der Waals surface area contributed by atoms with Crippen molar-refractivity contribution in [3.05, 3.63) is 59.7 Å². The summed E-state index contributed by atoms with van der Waals surface area (Å²) in [6.07, 6.45) is 2.33. The van der Waals surface area contributed by atoms with Crippen molar-refractivity contribution in [1.29, 1.82) is 0 Å². The van der Waals surface area contributed by atoms with Gasteiger partial charge >= 0.3 is 0 Å². The number of fused-ring (bicyclic) bond motifs is 1. The highest BCUT2D eigenvalue weighted by Crippen LogP contribution is 2.31. The van der Waals surface area contributed by atoms with Crippen LogP contribution in [0.3, 0.4) is 0 Å². The molecule has 31 heavy (non-hydrogen) atoms. The van der Waals surface area contributed by atoms with Crippen LogP contribution in [0, 0.1) is 0 Å². The number of aryl methyl sites for hydroxylation is 1. The Kier molecular flexibility index (Phi) is 8.33. The first kappa shape index (κ1) is 22.7. The van der Waals surface area contributed by atoms with E-state index in [1.54, 1.807) is 4.90 Å². The van der Waals surface area contributed by atoms with Crippen LogP contribution in [0.2, 0.25) is 0 Å². The van der Waals surface area contributed by atoms with Gasteiger partial charge in [-0.3, -0.25) is 9.59 Å². The summed E-state index contributed by atoms with van der Waals surface area (Å²) in [6, 6.07) is 15.1. The van der Waals surface area contributed by atoms with Gasteiger partial charge in [-0.25, -0.2) is 0 Å². The van der Waals surface area contributed by atoms with Gasteiger partial charge in [0.05, 0.1) is 0 Å². The van der Waals surface area contributed by atoms with Gasteiger partial charge in [0.1, 0.15) is 19.3 Å². The van der Waals surface area contributed by atoms with Gasteiger partial charge in [0, 0.05) is 19.5 Å². The topological polar surface area (TPSA) is 67.9 Å². The van der Waals surface area contributed by atoms with Crippen LogP contribution in [0.5, 0.6) is 11.5 Å². The maximum absolute atomic E-state index is 13.3. The molecule has 0 fully saturated rings. The van der Waals surface area contributed by atoms with Gasteiger partial charge < -0.3 is 19.7 Å². The molecule has 3 rings (SSSR count). The summed E-state index contributed by atoms with van der Waals surface area (Å²) in [5, 5.41) is 2.95. The highest BCUT2D eigenvalue weighted by Gasteiger charge is 2.28. The van der Waals surface area contributed by atoms with Crippen molar-refractivity contribution in [3.8, 4) is 11.5 Å². The molecule has 1 aliphatic rings. The maximum Gasteiger partial charge on any atom is 0.242 e. The largest absolute Gasteiger partial charge is 0.486 e. The molecule has 0 aliphatic carbocycles. The molecule has 0 bridgehead atoms. The summed E-state index contributed by atoms with van der Waals surface area (Å²) in [5.41, 5.74) is 2.03. The van der Waals surface area contributed by atoms with Gasteiger partial charge in [0.15, 0.2) is 11.5 Å². The maximum atomic E-state index is 13.3. The van der Waals surface area contributed by atoms with E-state index in [-0.39, 0.29) is 11.8 Å². The smallest absolute Gasteiger partial charge is 0.242 e. The van der Waals surface area contributed by atoms with Crippen LogP contribution >= 0.6 is 0 Å². The van der Waals surface area contributed by atoms with Gasteiger partial charge in [-0.1, -0.05) is 50.2 Å². The van der Waals surface area contributed by atoms with E-state index < -0.39 is 6.04 Å². The van der Waals surface area contributed by atoms with Crippen molar-refractivity contribution in [2.75, 3.05) is 19.8 Å². The summed E-state index contributed by atoms with van der Waals surface area (Å²) in [5.74, 6) is 1.35. The van der Waals surface area contributed by atoms with Crippen LogP contribution in [0.15, 0.2) is 48.5 Å². The quantitative estimate of drug-likeness (QED) is 0.631. The van der Waals surface area contributed by atoms with Crippen molar-refractivity contribution in [2.45, 2.75) is 52.1 Å². The van der Waals surface area contributed by atoms with Crippen molar-refractivity contribution in [3.63, 3.8) is 0 Å². The first-order chi connectivity index (χ1) is 15.1. The summed E-state index contributed by atoms with van der Waals surface area (Å²) in [4.78, 5) is 27.8. The van der Waals surface area contributed by atoms with Crippen LogP contribution in [-0.2, 0) is 22.6 Å². The third kappa shape index (κ3) is 6.23. The molecule has 1 aliphatic heterocycles. The molecule has 1 N–H and O–H groups in total. The fourth-order valence-corrected chi connectivity index (χ4v) is 3.70. The Hall–Kier alpha value is -3.02. The van der Waals surface area contributed by atoms with E-state index in [2.05, 4.69) is 5.32 Å². The fourth-order valence-electron chi connectivity index (χ4n) is 3.70.